The van der Waals surface area contributed by atoms with E-state index in [1.54, 1.807) is 7.11 Å². The van der Waals surface area contributed by atoms with E-state index in [9.17, 15) is 0 Å². The lowest BCUT2D eigenvalue weighted by Crippen LogP contribution is -2.15. The van der Waals surface area contributed by atoms with Crippen LogP contribution in [0.4, 0.5) is 0 Å². The third-order valence-corrected chi connectivity index (χ3v) is 4.03. The maximum atomic E-state index is 5.46. The van der Waals surface area contributed by atoms with Gasteiger partial charge in [-0.2, -0.15) is 11.8 Å². The van der Waals surface area contributed by atoms with Crippen LogP contribution in [0.5, 0.6) is 5.75 Å². The van der Waals surface area contributed by atoms with E-state index in [1.165, 1.54) is 17.5 Å². The number of nitrogens with zero attached hydrogens (tertiary/aromatic N) is 1. The summed E-state index contributed by atoms with van der Waals surface area (Å²) < 4.78 is 5.46. The highest BCUT2D eigenvalue weighted by molar-refractivity contribution is 7.98. The summed E-state index contributed by atoms with van der Waals surface area (Å²) in [7, 11) is 5.97. The molecule has 0 aliphatic carbocycles. The van der Waals surface area contributed by atoms with Crippen molar-refractivity contribution >= 4 is 11.8 Å². The molecule has 0 saturated carbocycles. The van der Waals surface area contributed by atoms with Gasteiger partial charge in [0, 0.05) is 30.2 Å². The van der Waals surface area contributed by atoms with Crippen molar-refractivity contribution in [3.05, 3.63) is 29.3 Å². The zero-order chi connectivity index (χ0) is 14.8. The van der Waals surface area contributed by atoms with E-state index < -0.39 is 0 Å². The van der Waals surface area contributed by atoms with E-state index in [-0.39, 0.29) is 0 Å². The molecule has 20 heavy (non-hydrogen) atoms. The minimum atomic E-state index is 0.938. The van der Waals surface area contributed by atoms with Crippen LogP contribution in [0.3, 0.4) is 0 Å². The summed E-state index contributed by atoms with van der Waals surface area (Å²) in [6.07, 6.45) is 1.17. The molecule has 0 aliphatic rings. The van der Waals surface area contributed by atoms with E-state index in [0.717, 1.165) is 36.9 Å². The lowest BCUT2D eigenvalue weighted by atomic mass is 10.1. The first-order valence-electron chi connectivity index (χ1n) is 7.26. The first-order chi connectivity index (χ1) is 9.67. The summed E-state index contributed by atoms with van der Waals surface area (Å²) in [6, 6.07) is 6.50. The highest BCUT2D eigenvalue weighted by atomic mass is 32.2. The molecule has 0 spiro atoms. The Balaban J connectivity index is 2.54. The van der Waals surface area contributed by atoms with Crippen LogP contribution in [0.15, 0.2) is 18.2 Å². The summed E-state index contributed by atoms with van der Waals surface area (Å²) in [4.78, 5) is 2.22. The molecule has 0 amide bonds. The molecule has 0 atom stereocenters. The molecule has 0 aromatic heterocycles. The van der Waals surface area contributed by atoms with E-state index in [1.807, 2.05) is 11.8 Å². The third-order valence-electron chi connectivity index (χ3n) is 3.04. The predicted molar refractivity (Wildman–Crippen MR) is 89.7 cm³/mol. The maximum absolute atomic E-state index is 5.46. The molecule has 1 N–H and O–H groups in total. The van der Waals surface area contributed by atoms with Crippen molar-refractivity contribution in [1.82, 2.24) is 10.2 Å². The van der Waals surface area contributed by atoms with Gasteiger partial charge in [-0.05, 0) is 44.8 Å². The molecule has 0 bridgehead atoms. The number of hydrogen-bond donors (Lipinski definition) is 1. The van der Waals surface area contributed by atoms with Crippen LogP contribution in [0.2, 0.25) is 0 Å². The first-order valence-corrected chi connectivity index (χ1v) is 8.41. The molecule has 114 valence electrons. The smallest absolute Gasteiger partial charge is 0.122 e. The van der Waals surface area contributed by atoms with E-state index in [0.29, 0.717) is 0 Å². The number of hydrogen-bond acceptors (Lipinski definition) is 4. The largest absolute Gasteiger partial charge is 0.496 e. The first kappa shape index (κ1) is 17.3. The van der Waals surface area contributed by atoms with Gasteiger partial charge in [-0.1, -0.05) is 13.0 Å². The standard InChI is InChI=1S/C16H28N2OS/c1-5-8-17-12-14-6-7-16(19-4)15(11-14)13-20-10-9-18(2)3/h6-7,11,17H,5,8-10,12-13H2,1-4H3. The van der Waals surface area contributed by atoms with Gasteiger partial charge < -0.3 is 15.0 Å². The lowest BCUT2D eigenvalue weighted by Gasteiger charge is -2.12. The van der Waals surface area contributed by atoms with Crippen LogP contribution < -0.4 is 10.1 Å². The van der Waals surface area contributed by atoms with Crippen molar-refractivity contribution in [3.8, 4) is 5.75 Å². The molecule has 0 saturated heterocycles. The minimum Gasteiger partial charge on any atom is -0.496 e. The van der Waals surface area contributed by atoms with Gasteiger partial charge in [0.1, 0.15) is 5.75 Å². The van der Waals surface area contributed by atoms with Crippen LogP contribution in [0, 0.1) is 0 Å². The molecule has 3 nitrogen and oxygen atoms in total. The fraction of sp³-hybridized carbons (Fsp3) is 0.625. The molecule has 0 radical (unpaired) electrons. The summed E-state index contributed by atoms with van der Waals surface area (Å²) in [6.45, 7) is 5.31. The highest BCUT2D eigenvalue weighted by Gasteiger charge is 2.05. The van der Waals surface area contributed by atoms with E-state index >= 15 is 0 Å². The van der Waals surface area contributed by atoms with Crippen molar-refractivity contribution in [2.45, 2.75) is 25.6 Å². The predicted octanol–water partition coefficient (Wildman–Crippen LogP) is 2.99. The van der Waals surface area contributed by atoms with Crippen molar-refractivity contribution in [2.24, 2.45) is 0 Å². The van der Waals surface area contributed by atoms with Crippen LogP contribution in [-0.4, -0.2) is 44.9 Å². The molecule has 0 fully saturated rings. The Labute approximate surface area is 128 Å². The van der Waals surface area contributed by atoms with Crippen LogP contribution in [0.1, 0.15) is 24.5 Å². The SMILES string of the molecule is CCCNCc1ccc(OC)c(CSCCN(C)C)c1. The number of thioether (sulfide) groups is 1. The quantitative estimate of drug-likeness (QED) is 0.671. The number of methoxy groups -OCH3 is 1. The van der Waals surface area contributed by atoms with Gasteiger partial charge in [-0.3, -0.25) is 0 Å². The molecule has 1 aromatic rings. The molecule has 4 heteroatoms. The second-order valence-corrected chi connectivity index (χ2v) is 6.28. The fourth-order valence-electron chi connectivity index (χ4n) is 1.89. The Morgan fingerprint density at radius 3 is 2.75 bits per heavy atom. The highest BCUT2D eigenvalue weighted by Crippen LogP contribution is 2.24. The molecule has 1 rings (SSSR count). The van der Waals surface area contributed by atoms with Crippen LogP contribution in [-0.2, 0) is 12.3 Å². The van der Waals surface area contributed by atoms with Crippen molar-refractivity contribution in [1.29, 1.82) is 0 Å². The Hall–Kier alpha value is -0.710. The van der Waals surface area contributed by atoms with Gasteiger partial charge in [0.05, 0.1) is 7.11 Å². The second-order valence-electron chi connectivity index (χ2n) is 5.18. The van der Waals surface area contributed by atoms with Gasteiger partial charge in [-0.15, -0.1) is 0 Å². The summed E-state index contributed by atoms with van der Waals surface area (Å²) in [5.74, 6) is 3.16. The Morgan fingerprint density at radius 2 is 2.10 bits per heavy atom. The average Bonchev–Trinajstić information content (AvgIpc) is 2.44. The molecular weight excluding hydrogens is 268 g/mol. The van der Waals surface area contributed by atoms with Gasteiger partial charge in [0.25, 0.3) is 0 Å². The topological polar surface area (TPSA) is 24.5 Å². The van der Waals surface area contributed by atoms with E-state index in [2.05, 4.69) is 49.4 Å². The fourth-order valence-corrected chi connectivity index (χ4v) is 2.98. The number of rotatable bonds is 10. The molecule has 0 unspecified atom stereocenters. The molecule has 0 aliphatic heterocycles. The van der Waals surface area contributed by atoms with Crippen molar-refractivity contribution in [3.63, 3.8) is 0 Å². The Morgan fingerprint density at radius 1 is 1.30 bits per heavy atom. The van der Waals surface area contributed by atoms with Crippen LogP contribution in [0.25, 0.3) is 0 Å². The van der Waals surface area contributed by atoms with Gasteiger partial charge >= 0.3 is 0 Å². The second kappa shape index (κ2) is 10.1. The zero-order valence-electron chi connectivity index (χ0n) is 13.2. The molecule has 1 aromatic carbocycles. The van der Waals surface area contributed by atoms with Crippen molar-refractivity contribution < 1.29 is 4.74 Å². The lowest BCUT2D eigenvalue weighted by molar-refractivity contribution is 0.411. The normalized spacial score (nSPS) is 11.1. The van der Waals surface area contributed by atoms with Crippen molar-refractivity contribution in [2.75, 3.05) is 40.0 Å². The summed E-state index contributed by atoms with van der Waals surface area (Å²) >= 11 is 1.96. The molecular formula is C16H28N2OS. The summed E-state index contributed by atoms with van der Waals surface area (Å²) in [5, 5.41) is 3.44. The third kappa shape index (κ3) is 6.64. The minimum absolute atomic E-state index is 0.938. The molecule has 0 heterocycles. The average molecular weight is 296 g/mol. The summed E-state index contributed by atoms with van der Waals surface area (Å²) in [5.41, 5.74) is 2.63. The Kier molecular flexibility index (Phi) is 8.74. The van der Waals surface area contributed by atoms with Gasteiger partial charge in [-0.25, -0.2) is 0 Å². The van der Waals surface area contributed by atoms with E-state index in [4.69, 9.17) is 4.74 Å². The number of benzene rings is 1. The number of ether oxygens (including phenoxy) is 1. The van der Waals surface area contributed by atoms with Gasteiger partial charge in [0.2, 0.25) is 0 Å². The Bertz CT molecular complexity index is 383. The number of nitrogens with one attached hydrogen (secondary N) is 1. The van der Waals surface area contributed by atoms with Crippen LogP contribution >= 0.6 is 11.8 Å². The zero-order valence-corrected chi connectivity index (χ0v) is 14.1. The van der Waals surface area contributed by atoms with Gasteiger partial charge in [0.15, 0.2) is 0 Å². The maximum Gasteiger partial charge on any atom is 0.122 e. The monoisotopic (exact) mass is 296 g/mol.